The molecule has 128 valence electrons. The third-order valence-corrected chi connectivity index (χ3v) is 4.46. The van der Waals surface area contributed by atoms with Crippen molar-refractivity contribution in [2.45, 2.75) is 45.7 Å². The molecule has 0 atom stereocenters. The molecule has 1 N–H and O–H groups in total. The quantitative estimate of drug-likeness (QED) is 0.812. The van der Waals surface area contributed by atoms with E-state index in [2.05, 4.69) is 42.3 Å². The Balaban J connectivity index is 1.90. The van der Waals surface area contributed by atoms with Gasteiger partial charge in [-0.3, -0.25) is 0 Å². The number of nitrogens with zero attached hydrogens (tertiary/aromatic N) is 1. The molecule has 1 fully saturated rings. The number of benzene rings is 2. The molecule has 1 aliphatic rings. The van der Waals surface area contributed by atoms with Gasteiger partial charge in [-0.1, -0.05) is 38.1 Å². The van der Waals surface area contributed by atoms with E-state index in [4.69, 9.17) is 4.74 Å². The van der Waals surface area contributed by atoms with Crippen LogP contribution in [0, 0.1) is 0 Å². The third kappa shape index (κ3) is 4.30. The lowest BCUT2D eigenvalue weighted by molar-refractivity contribution is 0.468. The summed E-state index contributed by atoms with van der Waals surface area (Å²) in [6, 6.07) is 16.9. The molecule has 2 aromatic carbocycles. The summed E-state index contributed by atoms with van der Waals surface area (Å²) in [4.78, 5) is 2.51. The summed E-state index contributed by atoms with van der Waals surface area (Å²) in [5.74, 6) is 1.84. The maximum atomic E-state index is 6.21. The average molecular weight is 324 g/mol. The first-order chi connectivity index (χ1) is 11.7. The van der Waals surface area contributed by atoms with Crippen molar-refractivity contribution in [2.75, 3.05) is 18.0 Å². The highest BCUT2D eigenvalue weighted by atomic mass is 16.5. The molecule has 0 radical (unpaired) electrons. The molecule has 1 aliphatic heterocycles. The number of rotatable bonds is 6. The fourth-order valence-corrected chi connectivity index (χ4v) is 3.18. The predicted octanol–water partition coefficient (Wildman–Crippen LogP) is 4.97. The molecule has 0 bridgehead atoms. The molecular formula is C21H28N2O. The summed E-state index contributed by atoms with van der Waals surface area (Å²) in [5.41, 5.74) is 2.58. The van der Waals surface area contributed by atoms with Crippen LogP contribution in [0.4, 0.5) is 5.69 Å². The molecule has 0 unspecified atom stereocenters. The van der Waals surface area contributed by atoms with Crippen LogP contribution in [0.5, 0.6) is 11.5 Å². The molecule has 0 aliphatic carbocycles. The highest BCUT2D eigenvalue weighted by Gasteiger charge is 2.18. The second-order valence-corrected chi connectivity index (χ2v) is 6.75. The normalized spacial score (nSPS) is 14.9. The lowest BCUT2D eigenvalue weighted by atomic mass is 10.1. The Morgan fingerprint density at radius 3 is 2.42 bits per heavy atom. The van der Waals surface area contributed by atoms with E-state index in [1.807, 2.05) is 30.3 Å². The lowest BCUT2D eigenvalue weighted by Gasteiger charge is -2.31. The van der Waals surface area contributed by atoms with Gasteiger partial charge in [0.25, 0.3) is 0 Å². The van der Waals surface area contributed by atoms with E-state index in [0.29, 0.717) is 6.04 Å². The van der Waals surface area contributed by atoms with Gasteiger partial charge in [-0.25, -0.2) is 0 Å². The Morgan fingerprint density at radius 1 is 0.958 bits per heavy atom. The SMILES string of the molecule is CC(C)NCc1c(Oc2ccccc2)cccc1N1CCCCC1. The Kier molecular flexibility index (Phi) is 5.76. The maximum absolute atomic E-state index is 6.21. The number of hydrogen-bond acceptors (Lipinski definition) is 3. The number of hydrogen-bond donors (Lipinski definition) is 1. The van der Waals surface area contributed by atoms with Crippen molar-refractivity contribution in [2.24, 2.45) is 0 Å². The minimum atomic E-state index is 0.448. The monoisotopic (exact) mass is 324 g/mol. The van der Waals surface area contributed by atoms with E-state index < -0.39 is 0 Å². The van der Waals surface area contributed by atoms with E-state index >= 15 is 0 Å². The van der Waals surface area contributed by atoms with Crippen LogP contribution < -0.4 is 15.0 Å². The van der Waals surface area contributed by atoms with Crippen LogP contribution in [0.3, 0.4) is 0 Å². The van der Waals surface area contributed by atoms with Crippen molar-refractivity contribution in [1.82, 2.24) is 5.32 Å². The van der Waals surface area contributed by atoms with E-state index in [1.54, 1.807) is 0 Å². The van der Waals surface area contributed by atoms with E-state index in [9.17, 15) is 0 Å². The molecule has 3 rings (SSSR count). The van der Waals surface area contributed by atoms with Crippen LogP contribution in [-0.4, -0.2) is 19.1 Å². The number of anilines is 1. The van der Waals surface area contributed by atoms with Gasteiger partial charge in [-0.15, -0.1) is 0 Å². The first kappa shape index (κ1) is 16.8. The fourth-order valence-electron chi connectivity index (χ4n) is 3.18. The minimum Gasteiger partial charge on any atom is -0.457 e. The molecule has 0 amide bonds. The van der Waals surface area contributed by atoms with Crippen molar-refractivity contribution in [3.8, 4) is 11.5 Å². The second-order valence-electron chi connectivity index (χ2n) is 6.75. The van der Waals surface area contributed by atoms with Crippen LogP contribution in [0.25, 0.3) is 0 Å². The molecule has 24 heavy (non-hydrogen) atoms. The van der Waals surface area contributed by atoms with E-state index in [-0.39, 0.29) is 0 Å². The fraction of sp³-hybridized carbons (Fsp3) is 0.429. The Labute approximate surface area is 145 Å². The second kappa shape index (κ2) is 8.20. The Morgan fingerprint density at radius 2 is 1.71 bits per heavy atom. The third-order valence-electron chi connectivity index (χ3n) is 4.46. The van der Waals surface area contributed by atoms with E-state index in [0.717, 1.165) is 31.1 Å². The summed E-state index contributed by atoms with van der Waals surface area (Å²) in [6.45, 7) is 7.47. The Bertz CT molecular complexity index is 634. The largest absolute Gasteiger partial charge is 0.457 e. The molecule has 0 aromatic heterocycles. The average Bonchev–Trinajstić information content (AvgIpc) is 2.62. The molecule has 1 saturated heterocycles. The van der Waals surface area contributed by atoms with Gasteiger partial charge in [-0.2, -0.15) is 0 Å². The van der Waals surface area contributed by atoms with Crippen LogP contribution in [0.15, 0.2) is 48.5 Å². The molecular weight excluding hydrogens is 296 g/mol. The molecule has 3 heteroatoms. The van der Waals surface area contributed by atoms with Gasteiger partial charge in [0.1, 0.15) is 11.5 Å². The van der Waals surface area contributed by atoms with E-state index in [1.165, 1.54) is 30.5 Å². The number of nitrogens with one attached hydrogen (secondary N) is 1. The maximum Gasteiger partial charge on any atom is 0.133 e. The van der Waals surface area contributed by atoms with Gasteiger partial charge in [-0.05, 0) is 43.5 Å². The minimum absolute atomic E-state index is 0.448. The van der Waals surface area contributed by atoms with Gasteiger partial charge in [0.2, 0.25) is 0 Å². The standard InChI is InChI=1S/C21H28N2O/c1-17(2)22-16-19-20(23-14-7-4-8-15-23)12-9-13-21(19)24-18-10-5-3-6-11-18/h3,5-6,9-13,17,22H,4,7-8,14-16H2,1-2H3. The van der Waals surface area contributed by atoms with Gasteiger partial charge < -0.3 is 15.0 Å². The molecule has 2 aromatic rings. The van der Waals surface area contributed by atoms with Gasteiger partial charge >= 0.3 is 0 Å². The van der Waals surface area contributed by atoms with Crippen molar-refractivity contribution >= 4 is 5.69 Å². The zero-order valence-electron chi connectivity index (χ0n) is 14.8. The van der Waals surface area contributed by atoms with Gasteiger partial charge in [0.05, 0.1) is 0 Å². The topological polar surface area (TPSA) is 24.5 Å². The number of ether oxygens (including phenoxy) is 1. The summed E-state index contributed by atoms with van der Waals surface area (Å²) in [7, 11) is 0. The summed E-state index contributed by atoms with van der Waals surface area (Å²) in [6.07, 6.45) is 3.90. The van der Waals surface area contributed by atoms with Gasteiger partial charge in [0, 0.05) is 36.9 Å². The Hall–Kier alpha value is -2.00. The first-order valence-electron chi connectivity index (χ1n) is 9.07. The van der Waals surface area contributed by atoms with Crippen LogP contribution in [-0.2, 0) is 6.54 Å². The highest BCUT2D eigenvalue weighted by molar-refractivity contribution is 5.60. The van der Waals surface area contributed by atoms with Crippen molar-refractivity contribution in [1.29, 1.82) is 0 Å². The molecule has 0 spiro atoms. The predicted molar refractivity (Wildman–Crippen MR) is 101 cm³/mol. The smallest absolute Gasteiger partial charge is 0.133 e. The summed E-state index contributed by atoms with van der Waals surface area (Å²) < 4.78 is 6.21. The number of piperidine rings is 1. The van der Waals surface area contributed by atoms with Crippen molar-refractivity contribution in [3.63, 3.8) is 0 Å². The van der Waals surface area contributed by atoms with Crippen LogP contribution in [0.2, 0.25) is 0 Å². The first-order valence-corrected chi connectivity index (χ1v) is 9.07. The summed E-state index contributed by atoms with van der Waals surface area (Å²) >= 11 is 0. The molecule has 0 saturated carbocycles. The van der Waals surface area contributed by atoms with Crippen LogP contribution in [0.1, 0.15) is 38.7 Å². The number of para-hydroxylation sites is 1. The van der Waals surface area contributed by atoms with Crippen molar-refractivity contribution in [3.05, 3.63) is 54.1 Å². The zero-order chi connectivity index (χ0) is 16.8. The summed E-state index contributed by atoms with van der Waals surface area (Å²) in [5, 5.41) is 3.56. The lowest BCUT2D eigenvalue weighted by Crippen LogP contribution is -2.31. The van der Waals surface area contributed by atoms with Gasteiger partial charge in [0.15, 0.2) is 0 Å². The zero-order valence-corrected chi connectivity index (χ0v) is 14.8. The highest BCUT2D eigenvalue weighted by Crippen LogP contribution is 2.34. The molecule has 1 heterocycles. The molecule has 3 nitrogen and oxygen atoms in total. The van der Waals surface area contributed by atoms with Crippen LogP contribution >= 0.6 is 0 Å². The van der Waals surface area contributed by atoms with Crippen molar-refractivity contribution < 1.29 is 4.74 Å².